The van der Waals surface area contributed by atoms with E-state index in [2.05, 4.69) is 9.97 Å². The first kappa shape index (κ1) is 28.9. The van der Waals surface area contributed by atoms with E-state index in [9.17, 15) is 36.3 Å². The first-order chi connectivity index (χ1) is 18.6. The first-order valence-electron chi connectivity index (χ1n) is 12.1. The summed E-state index contributed by atoms with van der Waals surface area (Å²) in [6.45, 7) is 4.03. The summed E-state index contributed by atoms with van der Waals surface area (Å²) in [5.74, 6) is -4.17. The van der Waals surface area contributed by atoms with Crippen molar-refractivity contribution in [3.05, 3.63) is 58.0 Å². The van der Waals surface area contributed by atoms with Crippen molar-refractivity contribution in [2.75, 3.05) is 31.1 Å². The Labute approximate surface area is 224 Å². The largest absolute Gasteiger partial charge is 0.409 e. The van der Waals surface area contributed by atoms with Crippen LogP contribution in [0.2, 0.25) is 0 Å². The predicted octanol–water partition coefficient (Wildman–Crippen LogP) is 3.00. The van der Waals surface area contributed by atoms with Crippen LogP contribution in [0.5, 0.6) is 0 Å². The summed E-state index contributed by atoms with van der Waals surface area (Å²) in [7, 11) is 0. The fraction of sp³-hybridized carbons (Fsp3) is 0.400. The third-order valence-corrected chi connectivity index (χ3v) is 6.31. The number of aliphatic hydroxyl groups is 1. The normalized spacial score (nSPS) is 15.2. The molecule has 1 aliphatic rings. The molecular formula is C25H25F5N6O4. The minimum absolute atomic E-state index is 0.0377. The van der Waals surface area contributed by atoms with Crippen molar-refractivity contribution in [2.24, 2.45) is 5.41 Å². The first-order valence-corrected chi connectivity index (χ1v) is 12.1. The van der Waals surface area contributed by atoms with Gasteiger partial charge in [0.2, 0.25) is 5.43 Å². The molecular weight excluding hydrogens is 543 g/mol. The maximum atomic E-state index is 14.8. The summed E-state index contributed by atoms with van der Waals surface area (Å²) < 4.78 is 70.5. The monoisotopic (exact) mass is 568 g/mol. The highest BCUT2D eigenvalue weighted by Gasteiger charge is 2.48. The molecule has 0 radical (unpaired) electrons. The zero-order chi connectivity index (χ0) is 29.6. The van der Waals surface area contributed by atoms with Crippen LogP contribution in [0.3, 0.4) is 0 Å². The van der Waals surface area contributed by atoms with E-state index in [1.54, 1.807) is 0 Å². The van der Waals surface area contributed by atoms with Gasteiger partial charge in [-0.25, -0.2) is 23.5 Å². The van der Waals surface area contributed by atoms with Crippen molar-refractivity contribution < 1.29 is 36.6 Å². The molecule has 1 atom stereocenters. The lowest BCUT2D eigenvalue weighted by Gasteiger charge is -2.33. The second-order valence-electron chi connectivity index (χ2n) is 10.2. The average molecular weight is 569 g/mol. The second-order valence-corrected chi connectivity index (χ2v) is 10.2. The van der Waals surface area contributed by atoms with Gasteiger partial charge >= 0.3 is 12.2 Å². The number of urea groups is 1. The zero-order valence-electron chi connectivity index (χ0n) is 21.6. The Morgan fingerprint density at radius 3 is 2.45 bits per heavy atom. The molecule has 0 saturated carbocycles. The SMILES string of the molecule is CC(C)(C)[C@H](NC(=O)c1cn(-c2ncc(F)cc2F)c2nc(N3CCN(CCO)C3=O)ccc2c1=O)C(F)(F)F. The molecule has 1 saturated heterocycles. The fourth-order valence-electron chi connectivity index (χ4n) is 4.37. The van der Waals surface area contributed by atoms with Crippen molar-refractivity contribution >= 4 is 28.8 Å². The maximum Gasteiger partial charge on any atom is 0.409 e. The summed E-state index contributed by atoms with van der Waals surface area (Å²) in [5.41, 5.74) is -3.53. The molecule has 10 nitrogen and oxygen atoms in total. The number of nitrogens with zero attached hydrogens (tertiary/aromatic N) is 5. The molecule has 40 heavy (non-hydrogen) atoms. The molecule has 3 aromatic rings. The summed E-state index contributed by atoms with van der Waals surface area (Å²) in [5, 5.41) is 10.7. The summed E-state index contributed by atoms with van der Waals surface area (Å²) >= 11 is 0. The van der Waals surface area contributed by atoms with Crippen LogP contribution in [0.4, 0.5) is 32.6 Å². The highest BCUT2D eigenvalue weighted by Crippen LogP contribution is 2.33. The highest BCUT2D eigenvalue weighted by atomic mass is 19.4. The highest BCUT2D eigenvalue weighted by molar-refractivity contribution is 5.98. The van der Waals surface area contributed by atoms with E-state index in [0.717, 1.165) is 10.8 Å². The topological polar surface area (TPSA) is 121 Å². The zero-order valence-corrected chi connectivity index (χ0v) is 21.6. The summed E-state index contributed by atoms with van der Waals surface area (Å²) in [4.78, 5) is 49.7. The van der Waals surface area contributed by atoms with Crippen LogP contribution in [0.15, 0.2) is 35.4 Å². The van der Waals surface area contributed by atoms with Gasteiger partial charge in [-0.15, -0.1) is 0 Å². The molecule has 4 rings (SSSR count). The van der Waals surface area contributed by atoms with E-state index in [1.165, 1.54) is 42.7 Å². The number of rotatable bonds is 6. The van der Waals surface area contributed by atoms with Crippen molar-refractivity contribution in [3.8, 4) is 5.82 Å². The van der Waals surface area contributed by atoms with Crippen LogP contribution in [0, 0.1) is 17.0 Å². The quantitative estimate of drug-likeness (QED) is 0.442. The number of aliphatic hydroxyl groups excluding tert-OH is 1. The number of carbonyl (C=O) groups excluding carboxylic acids is 2. The van der Waals surface area contributed by atoms with E-state index in [-0.39, 0.29) is 43.1 Å². The average Bonchev–Trinajstić information content (AvgIpc) is 3.21. The van der Waals surface area contributed by atoms with Crippen molar-refractivity contribution in [1.82, 2.24) is 24.8 Å². The van der Waals surface area contributed by atoms with Gasteiger partial charge in [0.1, 0.15) is 23.2 Å². The number of pyridine rings is 3. The van der Waals surface area contributed by atoms with Crippen LogP contribution in [0.25, 0.3) is 16.9 Å². The Kier molecular flexibility index (Phi) is 7.53. The van der Waals surface area contributed by atoms with Gasteiger partial charge in [-0.1, -0.05) is 20.8 Å². The molecule has 0 spiro atoms. The molecule has 214 valence electrons. The molecule has 15 heteroatoms. The van der Waals surface area contributed by atoms with Crippen LogP contribution in [0.1, 0.15) is 31.1 Å². The molecule has 0 bridgehead atoms. The van der Waals surface area contributed by atoms with Crippen LogP contribution >= 0.6 is 0 Å². The number of β-amino-alcohol motifs (C(OH)–C–C–N with tert-alkyl or cyclic N) is 1. The number of fused-ring (bicyclic) bond motifs is 1. The lowest BCUT2D eigenvalue weighted by atomic mass is 9.86. The van der Waals surface area contributed by atoms with Crippen LogP contribution in [-0.4, -0.2) is 74.9 Å². The van der Waals surface area contributed by atoms with E-state index in [1.807, 2.05) is 5.32 Å². The van der Waals surface area contributed by atoms with Gasteiger partial charge in [-0.2, -0.15) is 13.2 Å². The summed E-state index contributed by atoms with van der Waals surface area (Å²) in [6.07, 6.45) is -3.40. The Balaban J connectivity index is 1.90. The Morgan fingerprint density at radius 1 is 1.15 bits per heavy atom. The van der Waals surface area contributed by atoms with E-state index in [4.69, 9.17) is 5.11 Å². The Bertz CT molecular complexity index is 1520. The molecule has 3 aromatic heterocycles. The molecule has 0 aliphatic carbocycles. The third-order valence-electron chi connectivity index (χ3n) is 6.31. The Hall–Kier alpha value is -4.14. The lowest BCUT2D eigenvalue weighted by molar-refractivity contribution is -0.174. The van der Waals surface area contributed by atoms with Crippen molar-refractivity contribution in [3.63, 3.8) is 0 Å². The smallest absolute Gasteiger partial charge is 0.395 e. The number of nitrogens with one attached hydrogen (secondary N) is 1. The minimum Gasteiger partial charge on any atom is -0.395 e. The van der Waals surface area contributed by atoms with Gasteiger partial charge in [-0.05, 0) is 17.5 Å². The molecule has 3 amide bonds. The fourth-order valence-corrected chi connectivity index (χ4v) is 4.37. The number of hydrogen-bond donors (Lipinski definition) is 2. The van der Waals surface area contributed by atoms with Gasteiger partial charge < -0.3 is 15.3 Å². The van der Waals surface area contributed by atoms with Gasteiger partial charge in [0.05, 0.1) is 18.2 Å². The molecule has 2 N–H and O–H groups in total. The standard InChI is InChI=1S/C25H25F5N6O4/c1-24(2,3)22(25(28,29)30)33-21(39)15-12-36(20-16(27)10-13(26)11-31-20)19-14(18(15)38)4-5-17(32-19)35-7-6-34(8-9-37)23(35)40/h4-5,10-12,22,37H,6-9H2,1-3H3,(H,33,39)/t22-/m0/s1. The number of amides is 3. The number of alkyl halides is 3. The van der Waals surface area contributed by atoms with E-state index < -0.39 is 58.0 Å². The number of carbonyl (C=O) groups is 2. The molecule has 0 aromatic carbocycles. The van der Waals surface area contributed by atoms with E-state index in [0.29, 0.717) is 12.3 Å². The van der Waals surface area contributed by atoms with Crippen LogP contribution in [-0.2, 0) is 0 Å². The molecule has 4 heterocycles. The molecule has 1 fully saturated rings. The predicted molar refractivity (Wildman–Crippen MR) is 133 cm³/mol. The Morgan fingerprint density at radius 2 is 1.85 bits per heavy atom. The molecule has 1 aliphatic heterocycles. The lowest BCUT2D eigenvalue weighted by Crippen LogP contribution is -2.53. The number of anilines is 1. The minimum atomic E-state index is -4.85. The number of halogens is 5. The van der Waals surface area contributed by atoms with E-state index >= 15 is 0 Å². The van der Waals surface area contributed by atoms with Gasteiger partial charge in [0.25, 0.3) is 5.91 Å². The third kappa shape index (κ3) is 5.46. The second kappa shape index (κ2) is 10.4. The number of aromatic nitrogens is 3. The van der Waals surface area contributed by atoms with Crippen molar-refractivity contribution in [1.29, 1.82) is 0 Å². The van der Waals surface area contributed by atoms with Crippen molar-refractivity contribution in [2.45, 2.75) is 33.0 Å². The maximum absolute atomic E-state index is 14.8. The summed E-state index contributed by atoms with van der Waals surface area (Å²) in [6, 6.07) is 0.156. The van der Waals surface area contributed by atoms with Crippen LogP contribution < -0.4 is 15.6 Å². The molecule has 0 unspecified atom stereocenters. The van der Waals surface area contributed by atoms with Gasteiger partial charge in [0.15, 0.2) is 17.3 Å². The van der Waals surface area contributed by atoms with Gasteiger partial charge in [-0.3, -0.25) is 19.1 Å². The number of hydrogen-bond acceptors (Lipinski definition) is 6. The van der Waals surface area contributed by atoms with Gasteiger partial charge in [0, 0.05) is 31.9 Å².